The second-order valence-electron chi connectivity index (χ2n) is 12.5. The molecule has 0 atom stereocenters. The first-order chi connectivity index (χ1) is 19.3. The fourth-order valence-electron chi connectivity index (χ4n) is 5.38. The predicted octanol–water partition coefficient (Wildman–Crippen LogP) is 12.1. The molecule has 0 heterocycles. The van der Waals surface area contributed by atoms with Gasteiger partial charge in [-0.2, -0.15) is 0 Å². The molecule has 2 heteroatoms. The third kappa shape index (κ3) is 18.3. The molecule has 0 bridgehead atoms. The van der Waals surface area contributed by atoms with Crippen molar-refractivity contribution in [1.29, 1.82) is 0 Å². The lowest BCUT2D eigenvalue weighted by molar-refractivity contribution is -0.142. The number of unbranched alkanes of at least 4 members (excludes halogenated alkanes) is 11. The van der Waals surface area contributed by atoms with Crippen LogP contribution in [0.15, 0.2) is 70.9 Å². The summed E-state index contributed by atoms with van der Waals surface area (Å²) in [6.45, 7) is 13.8. The van der Waals surface area contributed by atoms with Gasteiger partial charge in [-0.15, -0.1) is 0 Å². The highest BCUT2D eigenvalue weighted by Gasteiger charge is 2.26. The lowest BCUT2D eigenvalue weighted by atomic mass is 9.72. The topological polar surface area (TPSA) is 26.3 Å². The Morgan fingerprint density at radius 2 is 1.48 bits per heavy atom. The quantitative estimate of drug-likeness (QED) is 0.0615. The monoisotopic (exact) mass is 550 g/mol. The van der Waals surface area contributed by atoms with Crippen molar-refractivity contribution >= 4 is 5.97 Å². The zero-order valence-electron chi connectivity index (χ0n) is 27.2. The molecule has 1 aliphatic carbocycles. The molecule has 226 valence electrons. The van der Waals surface area contributed by atoms with Crippen LogP contribution in [0.1, 0.15) is 151 Å². The van der Waals surface area contributed by atoms with Gasteiger partial charge in [-0.1, -0.05) is 131 Å². The Kier molecular flexibility index (Phi) is 20.3. The van der Waals surface area contributed by atoms with Crippen LogP contribution in [0.2, 0.25) is 0 Å². The van der Waals surface area contributed by atoms with Crippen molar-refractivity contribution < 1.29 is 9.53 Å². The molecular weight excluding hydrogens is 488 g/mol. The predicted molar refractivity (Wildman–Crippen MR) is 177 cm³/mol. The first-order valence-electron chi connectivity index (χ1n) is 16.5. The first kappa shape index (κ1) is 35.9. The average Bonchev–Trinajstić information content (AvgIpc) is 2.90. The van der Waals surface area contributed by atoms with Gasteiger partial charge in [-0.25, -0.2) is 0 Å². The van der Waals surface area contributed by atoms with E-state index in [1.807, 2.05) is 13.0 Å². The van der Waals surface area contributed by atoms with Crippen molar-refractivity contribution in [3.05, 3.63) is 70.9 Å². The zero-order chi connectivity index (χ0) is 29.5. The van der Waals surface area contributed by atoms with Crippen molar-refractivity contribution in [1.82, 2.24) is 0 Å². The Morgan fingerprint density at radius 1 is 0.850 bits per heavy atom. The number of hydrogen-bond acceptors (Lipinski definition) is 2. The largest absolute Gasteiger partial charge is 0.461 e. The van der Waals surface area contributed by atoms with Gasteiger partial charge in [0.1, 0.15) is 6.61 Å². The number of rotatable bonds is 21. The van der Waals surface area contributed by atoms with Crippen LogP contribution in [0.3, 0.4) is 0 Å². The van der Waals surface area contributed by atoms with Crippen LogP contribution in [0.25, 0.3) is 0 Å². The molecule has 0 aliphatic heterocycles. The maximum atomic E-state index is 12.0. The van der Waals surface area contributed by atoms with Crippen LogP contribution in [-0.2, 0) is 9.53 Å². The molecule has 1 rings (SSSR count). The van der Waals surface area contributed by atoms with E-state index in [4.69, 9.17) is 4.74 Å². The number of hydrogen-bond donors (Lipinski definition) is 0. The lowest BCUT2D eigenvalue weighted by Gasteiger charge is -2.32. The van der Waals surface area contributed by atoms with Crippen molar-refractivity contribution in [3.8, 4) is 0 Å². The number of ether oxygens (including phenoxy) is 1. The molecule has 0 saturated carbocycles. The van der Waals surface area contributed by atoms with E-state index in [9.17, 15) is 4.79 Å². The van der Waals surface area contributed by atoms with Crippen LogP contribution < -0.4 is 0 Å². The van der Waals surface area contributed by atoms with Gasteiger partial charge in [-0.3, -0.25) is 4.79 Å². The molecular formula is C38H62O2. The van der Waals surface area contributed by atoms with Gasteiger partial charge in [-0.05, 0) is 89.2 Å². The van der Waals surface area contributed by atoms with Crippen LogP contribution in [0, 0.1) is 5.41 Å². The van der Waals surface area contributed by atoms with E-state index in [1.165, 1.54) is 107 Å². The number of carbonyl (C=O) groups excluding carboxylic acids is 1. The molecule has 0 aromatic rings. The highest BCUT2D eigenvalue weighted by molar-refractivity contribution is 5.69. The molecule has 40 heavy (non-hydrogen) atoms. The van der Waals surface area contributed by atoms with Gasteiger partial charge in [0.15, 0.2) is 0 Å². The minimum Gasteiger partial charge on any atom is -0.461 e. The average molecular weight is 551 g/mol. The lowest BCUT2D eigenvalue weighted by Crippen LogP contribution is -2.19. The molecule has 0 radical (unpaired) electrons. The summed E-state index contributed by atoms with van der Waals surface area (Å²) in [4.78, 5) is 12.0. The molecule has 0 spiro atoms. The third-order valence-corrected chi connectivity index (χ3v) is 8.07. The van der Waals surface area contributed by atoms with Crippen molar-refractivity contribution in [2.45, 2.75) is 151 Å². The number of carbonyl (C=O) groups is 1. The Labute approximate surface area is 248 Å². The Balaban J connectivity index is 2.10. The highest BCUT2D eigenvalue weighted by atomic mass is 16.5. The second-order valence-corrected chi connectivity index (χ2v) is 12.5. The molecule has 0 aromatic carbocycles. The van der Waals surface area contributed by atoms with E-state index in [0.717, 1.165) is 18.4 Å². The summed E-state index contributed by atoms with van der Waals surface area (Å²) in [5.74, 6) is -0.0770. The molecule has 0 aromatic heterocycles. The van der Waals surface area contributed by atoms with Crippen molar-refractivity contribution in [2.75, 3.05) is 6.61 Å². The molecule has 0 N–H and O–H groups in total. The van der Waals surface area contributed by atoms with Gasteiger partial charge in [0.25, 0.3) is 0 Å². The summed E-state index contributed by atoms with van der Waals surface area (Å²) in [5.41, 5.74) is 5.64. The normalized spacial score (nSPS) is 16.6. The van der Waals surface area contributed by atoms with Gasteiger partial charge >= 0.3 is 5.97 Å². The molecule has 1 aliphatic rings. The van der Waals surface area contributed by atoms with E-state index < -0.39 is 0 Å². The summed E-state index contributed by atoms with van der Waals surface area (Å²) < 4.78 is 5.41. The molecule has 0 fully saturated rings. The van der Waals surface area contributed by atoms with E-state index in [1.54, 1.807) is 0 Å². The second kappa shape index (κ2) is 22.6. The number of esters is 1. The van der Waals surface area contributed by atoms with Crippen LogP contribution >= 0.6 is 0 Å². The van der Waals surface area contributed by atoms with Gasteiger partial charge in [0.2, 0.25) is 0 Å². The minimum absolute atomic E-state index is 0.0770. The van der Waals surface area contributed by atoms with E-state index in [2.05, 4.69) is 77.2 Å². The van der Waals surface area contributed by atoms with Gasteiger partial charge in [0, 0.05) is 6.42 Å². The molecule has 0 unspecified atom stereocenters. The van der Waals surface area contributed by atoms with E-state index in [-0.39, 0.29) is 11.4 Å². The Hall–Kier alpha value is -2.09. The standard InChI is InChI=1S/C38H62O2/c1-7-8-9-10-11-12-13-14-15-16-17-18-19-20-21-27-37(39)40-32-30-34(3)25-22-24-33(2)28-29-36-35(4)26-23-31-38(36,5)6/h11-12,22,24-25,28-30H,7-10,13-21,23,26-27,31-32H2,1-6H3. The summed E-state index contributed by atoms with van der Waals surface area (Å²) in [6, 6.07) is 0. The smallest absolute Gasteiger partial charge is 0.306 e. The molecule has 2 nitrogen and oxygen atoms in total. The van der Waals surface area contributed by atoms with Gasteiger partial charge in [0.05, 0.1) is 0 Å². The Bertz CT molecular complexity index is 875. The maximum Gasteiger partial charge on any atom is 0.306 e. The summed E-state index contributed by atoms with van der Waals surface area (Å²) in [5, 5.41) is 0. The maximum absolute atomic E-state index is 12.0. The fourth-order valence-corrected chi connectivity index (χ4v) is 5.38. The fraction of sp³-hybridized carbons (Fsp3) is 0.658. The number of allylic oxidation sites excluding steroid dienone is 11. The SMILES string of the molecule is CCCCCC=CCCCCCCCCCCC(=O)OCC=C(C)C=CC=C(C)C=CC1=C(C)CCCC1(C)C. The first-order valence-corrected chi connectivity index (χ1v) is 16.5. The summed E-state index contributed by atoms with van der Waals surface area (Å²) >= 11 is 0. The van der Waals surface area contributed by atoms with Crippen LogP contribution in [0.4, 0.5) is 0 Å². The minimum atomic E-state index is -0.0770. The zero-order valence-corrected chi connectivity index (χ0v) is 27.2. The highest BCUT2D eigenvalue weighted by Crippen LogP contribution is 2.40. The van der Waals surface area contributed by atoms with Crippen LogP contribution in [-0.4, -0.2) is 12.6 Å². The van der Waals surface area contributed by atoms with Gasteiger partial charge < -0.3 is 4.74 Å². The third-order valence-electron chi connectivity index (χ3n) is 8.07. The molecule has 0 saturated heterocycles. The summed E-state index contributed by atoms with van der Waals surface area (Å²) in [7, 11) is 0. The van der Waals surface area contributed by atoms with E-state index >= 15 is 0 Å². The van der Waals surface area contributed by atoms with E-state index in [0.29, 0.717) is 13.0 Å². The van der Waals surface area contributed by atoms with Crippen LogP contribution in [0.5, 0.6) is 0 Å². The van der Waals surface area contributed by atoms with Crippen molar-refractivity contribution in [2.24, 2.45) is 5.41 Å². The molecule has 0 amide bonds. The Morgan fingerprint density at radius 3 is 2.12 bits per heavy atom. The van der Waals surface area contributed by atoms with Crippen molar-refractivity contribution in [3.63, 3.8) is 0 Å². The summed E-state index contributed by atoms with van der Waals surface area (Å²) in [6.07, 6.45) is 38.3.